The Morgan fingerprint density at radius 3 is 3.24 bits per heavy atom. The number of amides is 1. The van der Waals surface area contributed by atoms with Crippen LogP contribution in [0.2, 0.25) is 0 Å². The molecule has 4 nitrogen and oxygen atoms in total. The Hall–Kier alpha value is -0.940. The number of carbonyl (C=O) groups is 1. The molecule has 0 aliphatic carbocycles. The highest BCUT2D eigenvalue weighted by molar-refractivity contribution is 7.09. The van der Waals surface area contributed by atoms with E-state index in [2.05, 4.69) is 17.2 Å². The van der Waals surface area contributed by atoms with Crippen molar-refractivity contribution in [1.29, 1.82) is 0 Å². The zero-order chi connectivity index (χ0) is 12.1. The maximum Gasteiger partial charge on any atom is 0.220 e. The molecule has 17 heavy (non-hydrogen) atoms. The first kappa shape index (κ1) is 12.5. The first-order valence-electron chi connectivity index (χ1n) is 6.05. The molecule has 0 saturated carbocycles. The molecule has 0 spiro atoms. The van der Waals surface area contributed by atoms with Crippen molar-refractivity contribution < 1.29 is 9.53 Å². The van der Waals surface area contributed by atoms with E-state index in [1.807, 2.05) is 5.38 Å². The second kappa shape index (κ2) is 6.12. The van der Waals surface area contributed by atoms with E-state index in [-0.39, 0.29) is 5.91 Å². The van der Waals surface area contributed by atoms with E-state index >= 15 is 0 Å². The molecule has 1 aromatic heterocycles. The summed E-state index contributed by atoms with van der Waals surface area (Å²) in [7, 11) is 0. The highest BCUT2D eigenvalue weighted by Crippen LogP contribution is 2.16. The molecule has 1 aliphatic rings. The third-order valence-electron chi connectivity index (χ3n) is 2.90. The van der Waals surface area contributed by atoms with Crippen LogP contribution in [-0.2, 0) is 22.5 Å². The molecule has 2 heterocycles. The highest BCUT2D eigenvalue weighted by atomic mass is 32.1. The zero-order valence-electron chi connectivity index (χ0n) is 10.1. The lowest BCUT2D eigenvalue weighted by Crippen LogP contribution is -2.25. The average Bonchev–Trinajstić information content (AvgIpc) is 2.96. The molecule has 1 aliphatic heterocycles. The summed E-state index contributed by atoms with van der Waals surface area (Å²) in [6.07, 6.45) is 2.53. The lowest BCUT2D eigenvalue weighted by atomic mass is 10.1. The molecule has 0 radical (unpaired) electrons. The van der Waals surface area contributed by atoms with Crippen LogP contribution in [0.5, 0.6) is 0 Å². The van der Waals surface area contributed by atoms with Crippen molar-refractivity contribution in [3.8, 4) is 0 Å². The summed E-state index contributed by atoms with van der Waals surface area (Å²) in [5.41, 5.74) is 1.10. The lowest BCUT2D eigenvalue weighted by molar-refractivity contribution is -0.122. The largest absolute Gasteiger partial charge is 0.381 e. The maximum atomic E-state index is 11.7. The minimum atomic E-state index is 0.105. The molecule has 1 aromatic rings. The van der Waals surface area contributed by atoms with E-state index in [0.717, 1.165) is 36.8 Å². The van der Waals surface area contributed by atoms with Crippen LogP contribution in [0, 0.1) is 5.92 Å². The van der Waals surface area contributed by atoms with Crippen molar-refractivity contribution in [3.05, 3.63) is 16.1 Å². The Morgan fingerprint density at radius 2 is 2.59 bits per heavy atom. The SMILES string of the molecule is CCc1csc(CNC(=O)C[C@@H]2CCOC2)n1. The quantitative estimate of drug-likeness (QED) is 0.871. The molecule has 2 rings (SSSR count). The summed E-state index contributed by atoms with van der Waals surface area (Å²) in [6, 6.07) is 0. The molecule has 1 atom stereocenters. The molecular weight excluding hydrogens is 236 g/mol. The Labute approximate surface area is 105 Å². The van der Waals surface area contributed by atoms with E-state index in [1.54, 1.807) is 11.3 Å². The first-order chi connectivity index (χ1) is 8.28. The number of ether oxygens (including phenoxy) is 1. The van der Waals surface area contributed by atoms with Gasteiger partial charge in [-0.05, 0) is 18.8 Å². The fraction of sp³-hybridized carbons (Fsp3) is 0.667. The number of hydrogen-bond acceptors (Lipinski definition) is 4. The van der Waals surface area contributed by atoms with Crippen molar-refractivity contribution in [2.75, 3.05) is 13.2 Å². The van der Waals surface area contributed by atoms with Gasteiger partial charge < -0.3 is 10.1 Å². The summed E-state index contributed by atoms with van der Waals surface area (Å²) in [5, 5.41) is 5.95. The van der Waals surface area contributed by atoms with Crippen molar-refractivity contribution in [2.45, 2.75) is 32.7 Å². The van der Waals surface area contributed by atoms with E-state index in [0.29, 0.717) is 18.9 Å². The Bertz CT molecular complexity index is 372. The summed E-state index contributed by atoms with van der Waals surface area (Å²) >= 11 is 1.61. The van der Waals surface area contributed by atoms with Crippen LogP contribution >= 0.6 is 11.3 Å². The standard InChI is InChI=1S/C12H18N2O2S/c1-2-10-8-17-12(14-10)6-13-11(15)5-9-3-4-16-7-9/h8-9H,2-7H2,1H3,(H,13,15)/t9-/m0/s1. The van der Waals surface area contributed by atoms with Gasteiger partial charge in [0.25, 0.3) is 0 Å². The van der Waals surface area contributed by atoms with Gasteiger partial charge in [0.15, 0.2) is 0 Å². The first-order valence-corrected chi connectivity index (χ1v) is 6.93. The van der Waals surface area contributed by atoms with E-state index in [4.69, 9.17) is 4.74 Å². The molecule has 0 bridgehead atoms. The van der Waals surface area contributed by atoms with Gasteiger partial charge in [0.1, 0.15) is 5.01 Å². The van der Waals surface area contributed by atoms with Crippen LogP contribution in [0.25, 0.3) is 0 Å². The Balaban J connectivity index is 1.71. The van der Waals surface area contributed by atoms with Gasteiger partial charge in [0.2, 0.25) is 5.91 Å². The third kappa shape index (κ3) is 3.78. The minimum absolute atomic E-state index is 0.105. The van der Waals surface area contributed by atoms with Crippen LogP contribution in [0.4, 0.5) is 0 Å². The zero-order valence-corrected chi connectivity index (χ0v) is 10.9. The summed E-state index contributed by atoms with van der Waals surface area (Å²) < 4.78 is 5.25. The smallest absolute Gasteiger partial charge is 0.220 e. The second-order valence-electron chi connectivity index (χ2n) is 4.30. The van der Waals surface area contributed by atoms with Gasteiger partial charge in [-0.15, -0.1) is 11.3 Å². The maximum absolute atomic E-state index is 11.7. The van der Waals surface area contributed by atoms with Crippen LogP contribution < -0.4 is 5.32 Å². The van der Waals surface area contributed by atoms with Gasteiger partial charge in [0.05, 0.1) is 12.2 Å². The number of carbonyl (C=O) groups excluding carboxylic acids is 1. The topological polar surface area (TPSA) is 51.2 Å². The molecule has 0 aromatic carbocycles. The molecule has 1 amide bonds. The number of aryl methyl sites for hydroxylation is 1. The number of nitrogens with zero attached hydrogens (tertiary/aromatic N) is 1. The Kier molecular flexibility index (Phi) is 4.50. The number of nitrogens with one attached hydrogen (secondary N) is 1. The molecule has 1 N–H and O–H groups in total. The van der Waals surface area contributed by atoms with Crippen LogP contribution in [0.1, 0.15) is 30.5 Å². The van der Waals surface area contributed by atoms with Crippen molar-refractivity contribution in [1.82, 2.24) is 10.3 Å². The van der Waals surface area contributed by atoms with Gasteiger partial charge in [-0.1, -0.05) is 6.92 Å². The summed E-state index contributed by atoms with van der Waals surface area (Å²) in [4.78, 5) is 16.1. The summed E-state index contributed by atoms with van der Waals surface area (Å²) in [6.45, 7) is 4.16. The van der Waals surface area contributed by atoms with E-state index in [1.165, 1.54) is 0 Å². The van der Waals surface area contributed by atoms with Crippen LogP contribution in [-0.4, -0.2) is 24.1 Å². The fourth-order valence-corrected chi connectivity index (χ4v) is 2.66. The Morgan fingerprint density at radius 1 is 1.71 bits per heavy atom. The van der Waals surface area contributed by atoms with Gasteiger partial charge in [-0.3, -0.25) is 4.79 Å². The monoisotopic (exact) mass is 254 g/mol. The van der Waals surface area contributed by atoms with E-state index < -0.39 is 0 Å². The van der Waals surface area contributed by atoms with Crippen LogP contribution in [0.3, 0.4) is 0 Å². The number of thiazole rings is 1. The molecule has 1 saturated heterocycles. The van der Waals surface area contributed by atoms with Crippen molar-refractivity contribution >= 4 is 17.2 Å². The normalized spacial score (nSPS) is 19.5. The number of rotatable bonds is 5. The van der Waals surface area contributed by atoms with Crippen molar-refractivity contribution in [3.63, 3.8) is 0 Å². The van der Waals surface area contributed by atoms with E-state index in [9.17, 15) is 4.79 Å². The second-order valence-corrected chi connectivity index (χ2v) is 5.24. The third-order valence-corrected chi connectivity index (χ3v) is 3.79. The molecule has 5 heteroatoms. The lowest BCUT2D eigenvalue weighted by Gasteiger charge is -2.07. The van der Waals surface area contributed by atoms with Gasteiger partial charge in [-0.2, -0.15) is 0 Å². The number of aromatic nitrogens is 1. The van der Waals surface area contributed by atoms with Gasteiger partial charge in [-0.25, -0.2) is 4.98 Å². The fourth-order valence-electron chi connectivity index (χ4n) is 1.85. The number of hydrogen-bond donors (Lipinski definition) is 1. The predicted molar refractivity (Wildman–Crippen MR) is 66.9 cm³/mol. The predicted octanol–water partition coefficient (Wildman–Crippen LogP) is 1.75. The van der Waals surface area contributed by atoms with Crippen LogP contribution in [0.15, 0.2) is 5.38 Å². The average molecular weight is 254 g/mol. The molecule has 94 valence electrons. The van der Waals surface area contributed by atoms with Gasteiger partial charge >= 0.3 is 0 Å². The summed E-state index contributed by atoms with van der Waals surface area (Å²) in [5.74, 6) is 0.506. The van der Waals surface area contributed by atoms with Gasteiger partial charge in [0, 0.05) is 25.0 Å². The highest BCUT2D eigenvalue weighted by Gasteiger charge is 2.18. The molecular formula is C12H18N2O2S. The molecule has 1 fully saturated rings. The minimum Gasteiger partial charge on any atom is -0.381 e. The van der Waals surface area contributed by atoms with Crippen molar-refractivity contribution in [2.24, 2.45) is 5.92 Å². The molecule has 0 unspecified atom stereocenters.